The molecule has 0 radical (unpaired) electrons. The average Bonchev–Trinajstić information content (AvgIpc) is 2.84. The smallest absolute Gasteiger partial charge is 0.469 e. The lowest BCUT2D eigenvalue weighted by atomic mass is 10.0. The SMILES string of the molecule is C[C@H](N)C(=O)N[C@@H](COP(=O)(O)O)C(=O)N[C@@H](Cc1ccc(O)cc1)C(=O)N[C@@H](CO)C(=O)N[C@@H](C)C(=O)O. The number of hydrogen-bond donors (Lipinski definition) is 10. The van der Waals surface area contributed by atoms with E-state index in [0.29, 0.717) is 5.56 Å². The van der Waals surface area contributed by atoms with Crippen molar-refractivity contribution in [3.05, 3.63) is 29.8 Å². The molecule has 0 heterocycles. The molecule has 11 N–H and O–H groups in total. The van der Waals surface area contributed by atoms with Crippen LogP contribution in [0.2, 0.25) is 0 Å². The van der Waals surface area contributed by atoms with Gasteiger partial charge in [-0.2, -0.15) is 0 Å². The van der Waals surface area contributed by atoms with Crippen LogP contribution >= 0.6 is 7.82 Å². The molecule has 4 amide bonds. The lowest BCUT2D eigenvalue weighted by molar-refractivity contribution is -0.142. The van der Waals surface area contributed by atoms with Crippen molar-refractivity contribution >= 4 is 37.4 Å². The standard InChI is InChI=1S/C21H32N5O12P/c1-10(22)17(29)26-16(9-38-39(35,36)37)20(32)24-14(7-12-3-5-13(28)6-4-12)18(30)25-15(8-27)19(31)23-11(2)21(33)34/h3-6,10-11,14-16,27-28H,7-9,22H2,1-2H3,(H,23,31)(H,24,32)(H,25,30)(H,26,29)(H,33,34)(H2,35,36,37)/t10-,11-,14-,15-,16-/m0/s1. The quantitative estimate of drug-likeness (QED) is 0.0904. The van der Waals surface area contributed by atoms with Gasteiger partial charge in [-0.1, -0.05) is 12.1 Å². The maximum atomic E-state index is 13.1. The Hall–Kier alpha value is -3.60. The molecule has 0 bridgehead atoms. The van der Waals surface area contributed by atoms with Crippen LogP contribution < -0.4 is 27.0 Å². The summed E-state index contributed by atoms with van der Waals surface area (Å²) in [6.07, 6.45) is -0.254. The Balaban J connectivity index is 3.20. The Kier molecular flexibility index (Phi) is 12.9. The maximum Gasteiger partial charge on any atom is 0.469 e. The van der Waals surface area contributed by atoms with E-state index >= 15 is 0 Å². The first-order chi connectivity index (χ1) is 18.0. The van der Waals surface area contributed by atoms with Gasteiger partial charge in [-0.25, -0.2) is 4.57 Å². The van der Waals surface area contributed by atoms with Gasteiger partial charge < -0.3 is 52.1 Å². The number of carbonyl (C=O) groups excluding carboxylic acids is 4. The summed E-state index contributed by atoms with van der Waals surface area (Å²) < 4.78 is 15.5. The second-order valence-corrected chi connectivity index (χ2v) is 9.62. The van der Waals surface area contributed by atoms with Crippen LogP contribution in [0.5, 0.6) is 5.75 Å². The van der Waals surface area contributed by atoms with E-state index in [4.69, 9.17) is 20.6 Å². The zero-order valence-electron chi connectivity index (χ0n) is 20.9. The molecule has 0 aliphatic heterocycles. The van der Waals surface area contributed by atoms with E-state index in [2.05, 4.69) is 25.8 Å². The van der Waals surface area contributed by atoms with E-state index in [-0.39, 0.29) is 12.2 Å². The fraction of sp³-hybridized carbons (Fsp3) is 0.476. The van der Waals surface area contributed by atoms with Crippen molar-refractivity contribution in [3.8, 4) is 5.75 Å². The first-order valence-corrected chi connectivity index (χ1v) is 12.9. The molecule has 0 fully saturated rings. The minimum atomic E-state index is -5.07. The minimum absolute atomic E-state index is 0.0957. The van der Waals surface area contributed by atoms with Crippen LogP contribution in [0.15, 0.2) is 24.3 Å². The number of nitrogens with one attached hydrogen (secondary N) is 4. The summed E-state index contributed by atoms with van der Waals surface area (Å²) in [5, 5.41) is 36.7. The van der Waals surface area contributed by atoms with Gasteiger partial charge in [0.05, 0.1) is 19.3 Å². The number of rotatable bonds is 15. The fourth-order valence-corrected chi connectivity index (χ4v) is 3.19. The van der Waals surface area contributed by atoms with Crippen molar-refractivity contribution < 1.29 is 58.2 Å². The van der Waals surface area contributed by atoms with Gasteiger partial charge in [-0.3, -0.25) is 28.5 Å². The van der Waals surface area contributed by atoms with Gasteiger partial charge in [-0.15, -0.1) is 0 Å². The number of aliphatic hydroxyl groups is 1. The molecular weight excluding hydrogens is 545 g/mol. The number of aliphatic hydroxyl groups excluding tert-OH is 1. The van der Waals surface area contributed by atoms with Crippen LogP contribution in [0.4, 0.5) is 0 Å². The summed E-state index contributed by atoms with van der Waals surface area (Å²) in [4.78, 5) is 79.4. The number of phenols is 1. The first kappa shape index (κ1) is 33.4. The average molecular weight is 577 g/mol. The molecule has 18 heteroatoms. The van der Waals surface area contributed by atoms with Crippen molar-refractivity contribution in [2.75, 3.05) is 13.2 Å². The number of phosphoric ester groups is 1. The van der Waals surface area contributed by atoms with E-state index in [1.165, 1.54) is 31.2 Å². The largest absolute Gasteiger partial charge is 0.508 e. The molecule has 0 saturated heterocycles. The molecule has 0 saturated carbocycles. The van der Waals surface area contributed by atoms with Crippen LogP contribution in [-0.2, 0) is 39.5 Å². The Morgan fingerprint density at radius 3 is 1.85 bits per heavy atom. The molecule has 0 unspecified atom stereocenters. The number of phenolic OH excluding ortho intramolecular Hbond substituents is 1. The van der Waals surface area contributed by atoms with Crippen LogP contribution in [0.25, 0.3) is 0 Å². The van der Waals surface area contributed by atoms with Crippen LogP contribution in [-0.4, -0.2) is 98.1 Å². The molecule has 218 valence electrons. The number of nitrogens with two attached hydrogens (primary N) is 1. The van der Waals surface area contributed by atoms with E-state index < -0.39 is 80.8 Å². The fourth-order valence-electron chi connectivity index (χ4n) is 2.85. The Morgan fingerprint density at radius 2 is 1.36 bits per heavy atom. The van der Waals surface area contributed by atoms with E-state index in [1.54, 1.807) is 0 Å². The first-order valence-electron chi connectivity index (χ1n) is 11.3. The lowest BCUT2D eigenvalue weighted by Crippen LogP contribution is -2.60. The topological polar surface area (TPSA) is 287 Å². The number of phosphoric acid groups is 1. The molecule has 1 rings (SSSR count). The van der Waals surface area contributed by atoms with Gasteiger partial charge >= 0.3 is 13.8 Å². The minimum Gasteiger partial charge on any atom is -0.508 e. The highest BCUT2D eigenvalue weighted by Crippen LogP contribution is 2.35. The summed E-state index contributed by atoms with van der Waals surface area (Å²) in [7, 11) is -5.07. The van der Waals surface area contributed by atoms with Gasteiger partial charge in [0.2, 0.25) is 23.6 Å². The van der Waals surface area contributed by atoms with Gasteiger partial charge in [0, 0.05) is 6.42 Å². The third-order valence-electron chi connectivity index (χ3n) is 5.01. The highest BCUT2D eigenvalue weighted by Gasteiger charge is 2.32. The molecule has 17 nitrogen and oxygen atoms in total. The number of hydrogen-bond acceptors (Lipinski definition) is 10. The van der Waals surface area contributed by atoms with Crippen LogP contribution in [0.3, 0.4) is 0 Å². The monoisotopic (exact) mass is 577 g/mol. The van der Waals surface area contributed by atoms with Crippen molar-refractivity contribution in [3.63, 3.8) is 0 Å². The maximum absolute atomic E-state index is 13.1. The number of amides is 4. The third kappa shape index (κ3) is 12.2. The molecule has 0 aliphatic carbocycles. The predicted molar refractivity (Wildman–Crippen MR) is 132 cm³/mol. The summed E-state index contributed by atoms with van der Waals surface area (Å²) >= 11 is 0. The third-order valence-corrected chi connectivity index (χ3v) is 5.50. The number of benzene rings is 1. The van der Waals surface area contributed by atoms with Crippen molar-refractivity contribution in [1.29, 1.82) is 0 Å². The van der Waals surface area contributed by atoms with Crippen LogP contribution in [0.1, 0.15) is 19.4 Å². The van der Waals surface area contributed by atoms with Gasteiger partial charge in [0.25, 0.3) is 0 Å². The predicted octanol–water partition coefficient (Wildman–Crippen LogP) is -3.57. The van der Waals surface area contributed by atoms with Gasteiger partial charge in [-0.05, 0) is 31.5 Å². The van der Waals surface area contributed by atoms with E-state index in [0.717, 1.165) is 6.92 Å². The number of aromatic hydroxyl groups is 1. The molecule has 1 aromatic carbocycles. The molecular formula is C21H32N5O12P. The lowest BCUT2D eigenvalue weighted by Gasteiger charge is -2.25. The van der Waals surface area contributed by atoms with Crippen molar-refractivity contribution in [2.45, 2.75) is 50.5 Å². The summed E-state index contributed by atoms with van der Waals surface area (Å²) in [6.45, 7) is 0.491. The number of carboxylic acid groups (broad SMARTS) is 1. The Labute approximate surface area is 222 Å². The second-order valence-electron chi connectivity index (χ2n) is 8.38. The summed E-state index contributed by atoms with van der Waals surface area (Å²) in [5.74, 6) is -5.54. The van der Waals surface area contributed by atoms with Crippen LogP contribution in [0, 0.1) is 0 Å². The zero-order valence-corrected chi connectivity index (χ0v) is 21.8. The molecule has 0 spiro atoms. The summed E-state index contributed by atoms with van der Waals surface area (Å²) in [5.41, 5.74) is 5.86. The van der Waals surface area contributed by atoms with Gasteiger partial charge in [0.1, 0.15) is 29.9 Å². The molecule has 0 aromatic heterocycles. The molecule has 39 heavy (non-hydrogen) atoms. The second kappa shape index (κ2) is 15.1. The summed E-state index contributed by atoms with van der Waals surface area (Å²) in [6, 6.07) is -1.90. The van der Waals surface area contributed by atoms with Gasteiger partial charge in [0.15, 0.2) is 0 Å². The number of carbonyl (C=O) groups is 5. The zero-order chi connectivity index (χ0) is 29.9. The number of carboxylic acids is 1. The highest BCUT2D eigenvalue weighted by molar-refractivity contribution is 7.46. The highest BCUT2D eigenvalue weighted by atomic mass is 31.2. The Bertz CT molecular complexity index is 1080. The molecule has 1 aromatic rings. The van der Waals surface area contributed by atoms with Crippen molar-refractivity contribution in [1.82, 2.24) is 21.3 Å². The Morgan fingerprint density at radius 1 is 0.872 bits per heavy atom. The normalized spacial score (nSPS) is 15.1. The molecule has 5 atom stereocenters. The van der Waals surface area contributed by atoms with E-state index in [9.17, 15) is 38.8 Å². The number of aliphatic carboxylic acids is 1. The molecule has 0 aliphatic rings. The van der Waals surface area contributed by atoms with E-state index in [1.807, 2.05) is 0 Å². The van der Waals surface area contributed by atoms with Crippen molar-refractivity contribution in [2.24, 2.45) is 5.73 Å².